The van der Waals surface area contributed by atoms with Crippen molar-refractivity contribution in [2.24, 2.45) is 7.05 Å². The summed E-state index contributed by atoms with van der Waals surface area (Å²) in [5, 5.41) is 20.2. The first-order valence-corrected chi connectivity index (χ1v) is 12.3. The molecule has 0 spiro atoms. The molecule has 0 aliphatic carbocycles. The summed E-state index contributed by atoms with van der Waals surface area (Å²) < 4.78 is 26.1. The first-order chi connectivity index (χ1) is 19.3. The molecular formula is C29H24FN5O5. The van der Waals surface area contributed by atoms with Gasteiger partial charge < -0.3 is 19.9 Å². The lowest BCUT2D eigenvalue weighted by Gasteiger charge is -2.12. The van der Waals surface area contributed by atoms with Crippen LogP contribution in [0.25, 0.3) is 22.2 Å². The van der Waals surface area contributed by atoms with Crippen molar-refractivity contribution in [3.8, 4) is 28.5 Å². The number of aryl methyl sites for hydroxylation is 1. The zero-order valence-electron chi connectivity index (χ0n) is 21.5. The fourth-order valence-corrected chi connectivity index (χ4v) is 3.94. The zero-order chi connectivity index (χ0) is 28.2. The van der Waals surface area contributed by atoms with Gasteiger partial charge in [0, 0.05) is 31.4 Å². The fourth-order valence-electron chi connectivity index (χ4n) is 3.94. The SMILES string of the molecule is CC(Oc1ccc(-c2ccc(CNC(=O)c3cccnc3Oc3ccc4nn(C)nc4c3)c(F)c2)cc1)C(=O)O. The molecule has 0 aliphatic heterocycles. The van der Waals surface area contributed by atoms with Gasteiger partial charge in [-0.25, -0.2) is 14.2 Å². The van der Waals surface area contributed by atoms with E-state index in [2.05, 4.69) is 20.5 Å². The average Bonchev–Trinajstić information content (AvgIpc) is 3.32. The molecule has 2 aromatic heterocycles. The van der Waals surface area contributed by atoms with Crippen LogP contribution in [0.1, 0.15) is 22.8 Å². The number of carbonyl (C=O) groups excluding carboxylic acids is 1. The Balaban J connectivity index is 1.25. The number of aliphatic carboxylic acids is 1. The highest BCUT2D eigenvalue weighted by Gasteiger charge is 2.16. The van der Waals surface area contributed by atoms with Crippen LogP contribution in [0.2, 0.25) is 0 Å². The Labute approximate surface area is 228 Å². The van der Waals surface area contributed by atoms with Gasteiger partial charge in [0.1, 0.15) is 33.9 Å². The molecule has 5 aromatic rings. The summed E-state index contributed by atoms with van der Waals surface area (Å²) in [6.07, 6.45) is 0.525. The van der Waals surface area contributed by atoms with Crippen LogP contribution in [0.5, 0.6) is 17.4 Å². The zero-order valence-corrected chi connectivity index (χ0v) is 21.5. The van der Waals surface area contributed by atoms with E-state index in [0.29, 0.717) is 33.7 Å². The maximum Gasteiger partial charge on any atom is 0.344 e. The maximum absolute atomic E-state index is 14.9. The number of nitrogens with one attached hydrogen (secondary N) is 1. The van der Waals surface area contributed by atoms with Crippen molar-refractivity contribution in [1.29, 1.82) is 0 Å². The number of aromatic nitrogens is 4. The molecule has 1 amide bonds. The lowest BCUT2D eigenvalue weighted by atomic mass is 10.0. The molecule has 1 unspecified atom stereocenters. The van der Waals surface area contributed by atoms with E-state index in [1.807, 2.05) is 0 Å². The summed E-state index contributed by atoms with van der Waals surface area (Å²) in [4.78, 5) is 29.6. The van der Waals surface area contributed by atoms with Crippen molar-refractivity contribution in [2.45, 2.75) is 19.6 Å². The van der Waals surface area contributed by atoms with Gasteiger partial charge in [0.2, 0.25) is 5.88 Å². The number of carbonyl (C=O) groups is 2. The third kappa shape index (κ3) is 5.88. The van der Waals surface area contributed by atoms with Gasteiger partial charge in [0.15, 0.2) is 6.10 Å². The quantitative estimate of drug-likeness (QED) is 0.274. The highest BCUT2D eigenvalue weighted by Crippen LogP contribution is 2.27. The molecule has 0 bridgehead atoms. The highest BCUT2D eigenvalue weighted by atomic mass is 19.1. The average molecular weight is 542 g/mol. The van der Waals surface area contributed by atoms with Gasteiger partial charge in [0.25, 0.3) is 5.91 Å². The summed E-state index contributed by atoms with van der Waals surface area (Å²) in [7, 11) is 1.72. The molecule has 0 saturated carbocycles. The maximum atomic E-state index is 14.9. The van der Waals surface area contributed by atoms with Crippen LogP contribution in [-0.2, 0) is 18.4 Å². The molecule has 10 nitrogen and oxygen atoms in total. The molecule has 11 heteroatoms. The number of carboxylic acid groups (broad SMARTS) is 1. The third-order valence-electron chi connectivity index (χ3n) is 6.02. The van der Waals surface area contributed by atoms with Crippen molar-refractivity contribution in [2.75, 3.05) is 0 Å². The molecule has 0 radical (unpaired) electrons. The summed E-state index contributed by atoms with van der Waals surface area (Å²) >= 11 is 0. The van der Waals surface area contributed by atoms with Crippen LogP contribution in [0.4, 0.5) is 4.39 Å². The second kappa shape index (κ2) is 11.2. The van der Waals surface area contributed by atoms with E-state index in [0.717, 1.165) is 5.56 Å². The molecule has 40 heavy (non-hydrogen) atoms. The molecule has 0 saturated heterocycles. The Morgan fingerprint density at radius 2 is 1.70 bits per heavy atom. The number of ether oxygens (including phenoxy) is 2. The van der Waals surface area contributed by atoms with E-state index in [4.69, 9.17) is 14.6 Å². The molecule has 5 rings (SSSR count). The molecule has 0 fully saturated rings. The molecule has 0 aliphatic rings. The van der Waals surface area contributed by atoms with E-state index < -0.39 is 23.8 Å². The monoisotopic (exact) mass is 541 g/mol. The number of nitrogens with zero attached hydrogens (tertiary/aromatic N) is 4. The molecule has 202 valence electrons. The first kappa shape index (κ1) is 26.3. The van der Waals surface area contributed by atoms with E-state index >= 15 is 0 Å². The normalized spacial score (nSPS) is 11.7. The Bertz CT molecular complexity index is 1700. The van der Waals surface area contributed by atoms with E-state index in [1.54, 1.807) is 73.8 Å². The van der Waals surface area contributed by atoms with Crippen molar-refractivity contribution < 1.29 is 28.6 Å². The Hall–Kier alpha value is -5.32. The smallest absolute Gasteiger partial charge is 0.344 e. The molecule has 3 aromatic carbocycles. The standard InChI is InChI=1S/C29H24FN5O5/c1-17(29(37)38)39-21-9-7-18(8-10-21)19-5-6-20(24(30)14-19)16-32-27(36)23-4-3-13-31-28(23)40-22-11-12-25-26(15-22)34-35(2)33-25/h3-15,17H,16H2,1-2H3,(H,32,36)(H,37,38). The van der Waals surface area contributed by atoms with Crippen LogP contribution in [0.3, 0.4) is 0 Å². The van der Waals surface area contributed by atoms with Gasteiger partial charge in [-0.2, -0.15) is 15.0 Å². The molecule has 2 N–H and O–H groups in total. The van der Waals surface area contributed by atoms with Crippen molar-refractivity contribution >= 4 is 22.9 Å². The Morgan fingerprint density at radius 1 is 0.975 bits per heavy atom. The van der Waals surface area contributed by atoms with E-state index in [-0.39, 0.29) is 18.0 Å². The number of rotatable bonds is 9. The number of halogens is 1. The molecular weight excluding hydrogens is 517 g/mol. The largest absolute Gasteiger partial charge is 0.479 e. The van der Waals surface area contributed by atoms with E-state index in [1.165, 1.54) is 24.0 Å². The minimum atomic E-state index is -1.07. The van der Waals surface area contributed by atoms with Crippen LogP contribution < -0.4 is 14.8 Å². The minimum Gasteiger partial charge on any atom is -0.479 e. The van der Waals surface area contributed by atoms with Crippen LogP contribution in [0, 0.1) is 5.82 Å². The number of hydrogen-bond donors (Lipinski definition) is 2. The Morgan fingerprint density at radius 3 is 2.45 bits per heavy atom. The van der Waals surface area contributed by atoms with E-state index in [9.17, 15) is 14.0 Å². The van der Waals surface area contributed by atoms with Gasteiger partial charge in [-0.05, 0) is 60.5 Å². The lowest BCUT2D eigenvalue weighted by molar-refractivity contribution is -0.144. The number of hydrogen-bond acceptors (Lipinski definition) is 7. The Kier molecular flexibility index (Phi) is 7.36. The third-order valence-corrected chi connectivity index (χ3v) is 6.02. The predicted octanol–water partition coefficient (Wildman–Crippen LogP) is 4.74. The fraction of sp³-hybridized carbons (Fsp3) is 0.138. The first-order valence-electron chi connectivity index (χ1n) is 12.3. The van der Waals surface area contributed by atoms with Crippen LogP contribution in [-0.4, -0.2) is 43.1 Å². The molecule has 1 atom stereocenters. The summed E-state index contributed by atoms with van der Waals surface area (Å²) in [6.45, 7) is 1.39. The second-order valence-corrected chi connectivity index (χ2v) is 8.91. The van der Waals surface area contributed by atoms with Gasteiger partial charge in [-0.1, -0.05) is 24.3 Å². The number of pyridine rings is 1. The number of fused-ring (bicyclic) bond motifs is 1. The van der Waals surface area contributed by atoms with Crippen molar-refractivity contribution in [1.82, 2.24) is 25.3 Å². The lowest BCUT2D eigenvalue weighted by Crippen LogP contribution is -2.24. The summed E-state index contributed by atoms with van der Waals surface area (Å²) in [5.74, 6) is -1.09. The van der Waals surface area contributed by atoms with Gasteiger partial charge >= 0.3 is 5.97 Å². The van der Waals surface area contributed by atoms with Crippen molar-refractivity contribution in [3.63, 3.8) is 0 Å². The number of benzene rings is 3. The summed E-state index contributed by atoms with van der Waals surface area (Å²) in [6, 6.07) is 19.7. The predicted molar refractivity (Wildman–Crippen MR) is 144 cm³/mol. The number of amides is 1. The minimum absolute atomic E-state index is 0.0509. The number of carboxylic acids is 1. The van der Waals surface area contributed by atoms with Crippen molar-refractivity contribution in [3.05, 3.63) is 95.9 Å². The van der Waals surface area contributed by atoms with Gasteiger partial charge in [0.05, 0.1) is 0 Å². The van der Waals surface area contributed by atoms with Crippen LogP contribution in [0.15, 0.2) is 79.0 Å². The summed E-state index contributed by atoms with van der Waals surface area (Å²) in [5.41, 5.74) is 3.18. The topological polar surface area (TPSA) is 128 Å². The van der Waals surface area contributed by atoms with Crippen LogP contribution >= 0.6 is 0 Å². The van der Waals surface area contributed by atoms with Gasteiger partial charge in [-0.3, -0.25) is 4.79 Å². The van der Waals surface area contributed by atoms with Gasteiger partial charge in [-0.15, -0.1) is 0 Å². The molecule has 2 heterocycles. The highest BCUT2D eigenvalue weighted by molar-refractivity contribution is 5.96. The second-order valence-electron chi connectivity index (χ2n) is 8.91.